The van der Waals surface area contributed by atoms with Gasteiger partial charge in [-0.3, -0.25) is 0 Å². The molecular formula is C11H17FN2. The van der Waals surface area contributed by atoms with Crippen molar-refractivity contribution in [2.24, 2.45) is 0 Å². The second-order valence-corrected chi connectivity index (χ2v) is 3.69. The van der Waals surface area contributed by atoms with Gasteiger partial charge in [0.15, 0.2) is 0 Å². The van der Waals surface area contributed by atoms with Crippen molar-refractivity contribution < 1.29 is 4.39 Å². The molecule has 1 rings (SSSR count). The standard InChI is InChI=1S/C11H17FN2/c1-13-7-9-4-5-11(12)10(6-9)8-14(2)3/h4-6,13H,7-8H2,1-3H3. The van der Waals surface area contributed by atoms with Gasteiger partial charge in [0.2, 0.25) is 0 Å². The molecule has 0 atom stereocenters. The highest BCUT2D eigenvalue weighted by Gasteiger charge is 2.04. The van der Waals surface area contributed by atoms with E-state index in [4.69, 9.17) is 0 Å². The number of nitrogens with one attached hydrogen (secondary N) is 1. The summed E-state index contributed by atoms with van der Waals surface area (Å²) in [4.78, 5) is 1.96. The van der Waals surface area contributed by atoms with Crippen LogP contribution in [0.2, 0.25) is 0 Å². The number of hydrogen-bond acceptors (Lipinski definition) is 2. The molecule has 14 heavy (non-hydrogen) atoms. The summed E-state index contributed by atoms with van der Waals surface area (Å²) in [6.45, 7) is 1.42. The molecule has 0 aliphatic heterocycles. The van der Waals surface area contributed by atoms with Gasteiger partial charge in [-0.15, -0.1) is 0 Å². The third kappa shape index (κ3) is 3.09. The molecule has 0 bridgehead atoms. The quantitative estimate of drug-likeness (QED) is 0.787. The number of benzene rings is 1. The molecule has 0 amide bonds. The van der Waals surface area contributed by atoms with Gasteiger partial charge in [0.05, 0.1) is 0 Å². The zero-order valence-electron chi connectivity index (χ0n) is 8.97. The van der Waals surface area contributed by atoms with Crippen LogP contribution in [0.3, 0.4) is 0 Å². The van der Waals surface area contributed by atoms with Gasteiger partial charge in [-0.2, -0.15) is 0 Å². The first-order chi connectivity index (χ1) is 6.63. The topological polar surface area (TPSA) is 15.3 Å². The van der Waals surface area contributed by atoms with Gasteiger partial charge in [0.25, 0.3) is 0 Å². The van der Waals surface area contributed by atoms with E-state index in [0.29, 0.717) is 6.54 Å². The van der Waals surface area contributed by atoms with E-state index in [1.807, 2.05) is 38.2 Å². The first kappa shape index (κ1) is 11.1. The number of rotatable bonds is 4. The Balaban J connectivity index is 2.84. The summed E-state index contributed by atoms with van der Waals surface area (Å²) >= 11 is 0. The summed E-state index contributed by atoms with van der Waals surface area (Å²) in [5.41, 5.74) is 1.87. The normalized spacial score (nSPS) is 10.9. The fraction of sp³-hybridized carbons (Fsp3) is 0.455. The lowest BCUT2D eigenvalue weighted by Crippen LogP contribution is -2.13. The lowest BCUT2D eigenvalue weighted by molar-refractivity contribution is 0.392. The van der Waals surface area contributed by atoms with Crippen LogP contribution in [0.4, 0.5) is 4.39 Å². The predicted octanol–water partition coefficient (Wildman–Crippen LogP) is 1.61. The zero-order chi connectivity index (χ0) is 10.6. The molecule has 1 aromatic carbocycles. The fourth-order valence-corrected chi connectivity index (χ4v) is 1.40. The first-order valence-electron chi connectivity index (χ1n) is 4.70. The van der Waals surface area contributed by atoms with Gasteiger partial charge >= 0.3 is 0 Å². The van der Waals surface area contributed by atoms with Gasteiger partial charge in [0, 0.05) is 18.7 Å². The average molecular weight is 196 g/mol. The molecule has 1 aromatic rings. The Morgan fingerprint density at radius 2 is 2.07 bits per heavy atom. The molecule has 0 saturated carbocycles. The minimum Gasteiger partial charge on any atom is -0.316 e. The SMILES string of the molecule is CNCc1ccc(F)c(CN(C)C)c1. The van der Waals surface area contributed by atoms with E-state index in [9.17, 15) is 4.39 Å². The molecule has 0 radical (unpaired) electrons. The van der Waals surface area contributed by atoms with Crippen molar-refractivity contribution in [1.82, 2.24) is 10.2 Å². The van der Waals surface area contributed by atoms with Crippen LogP contribution in [0.15, 0.2) is 18.2 Å². The Bertz CT molecular complexity index is 297. The molecule has 0 aromatic heterocycles. The molecular weight excluding hydrogens is 179 g/mol. The van der Waals surface area contributed by atoms with Crippen molar-refractivity contribution in [1.29, 1.82) is 0 Å². The van der Waals surface area contributed by atoms with Crippen LogP contribution in [0.1, 0.15) is 11.1 Å². The summed E-state index contributed by atoms with van der Waals surface area (Å²) in [5, 5.41) is 3.05. The van der Waals surface area contributed by atoms with E-state index >= 15 is 0 Å². The van der Waals surface area contributed by atoms with Gasteiger partial charge < -0.3 is 10.2 Å². The second-order valence-electron chi connectivity index (χ2n) is 3.69. The third-order valence-electron chi connectivity index (χ3n) is 1.98. The lowest BCUT2D eigenvalue weighted by Gasteiger charge is -2.11. The maximum Gasteiger partial charge on any atom is 0.127 e. The van der Waals surface area contributed by atoms with E-state index < -0.39 is 0 Å². The van der Waals surface area contributed by atoms with E-state index in [0.717, 1.165) is 17.7 Å². The Morgan fingerprint density at radius 3 is 2.64 bits per heavy atom. The minimum atomic E-state index is -0.126. The lowest BCUT2D eigenvalue weighted by atomic mass is 10.1. The van der Waals surface area contributed by atoms with Crippen LogP contribution in [0, 0.1) is 5.82 Å². The summed E-state index contributed by atoms with van der Waals surface area (Å²) in [6, 6.07) is 5.25. The summed E-state index contributed by atoms with van der Waals surface area (Å²) < 4.78 is 13.3. The first-order valence-corrected chi connectivity index (χ1v) is 4.70. The summed E-state index contributed by atoms with van der Waals surface area (Å²) in [5.74, 6) is -0.126. The highest BCUT2D eigenvalue weighted by atomic mass is 19.1. The minimum absolute atomic E-state index is 0.126. The molecule has 0 unspecified atom stereocenters. The molecule has 2 nitrogen and oxygen atoms in total. The van der Waals surface area contributed by atoms with Crippen molar-refractivity contribution in [2.45, 2.75) is 13.1 Å². The van der Waals surface area contributed by atoms with Crippen LogP contribution < -0.4 is 5.32 Å². The maximum atomic E-state index is 13.3. The highest BCUT2D eigenvalue weighted by molar-refractivity contribution is 5.25. The van der Waals surface area contributed by atoms with Crippen molar-refractivity contribution in [2.75, 3.05) is 21.1 Å². The second kappa shape index (κ2) is 5.08. The van der Waals surface area contributed by atoms with Gasteiger partial charge in [0.1, 0.15) is 5.82 Å². The maximum absolute atomic E-state index is 13.3. The summed E-state index contributed by atoms with van der Waals surface area (Å²) in [7, 11) is 5.75. The van der Waals surface area contributed by atoms with Crippen molar-refractivity contribution in [3.05, 3.63) is 35.1 Å². The Labute approximate surface area is 84.7 Å². The largest absolute Gasteiger partial charge is 0.316 e. The molecule has 0 aliphatic rings. The van der Waals surface area contributed by atoms with Gasteiger partial charge in [-0.1, -0.05) is 12.1 Å². The highest BCUT2D eigenvalue weighted by Crippen LogP contribution is 2.11. The Kier molecular flexibility index (Phi) is 4.04. The van der Waals surface area contributed by atoms with E-state index in [2.05, 4.69) is 5.32 Å². The molecule has 0 heterocycles. The van der Waals surface area contributed by atoms with Gasteiger partial charge in [-0.05, 0) is 32.8 Å². The predicted molar refractivity (Wildman–Crippen MR) is 56.6 cm³/mol. The number of hydrogen-bond donors (Lipinski definition) is 1. The molecule has 1 N–H and O–H groups in total. The Hall–Kier alpha value is -0.930. The van der Waals surface area contributed by atoms with Crippen LogP contribution in [0.5, 0.6) is 0 Å². The monoisotopic (exact) mass is 196 g/mol. The van der Waals surface area contributed by atoms with Crippen LogP contribution in [0.25, 0.3) is 0 Å². The zero-order valence-corrected chi connectivity index (χ0v) is 8.97. The van der Waals surface area contributed by atoms with Crippen LogP contribution in [-0.2, 0) is 13.1 Å². The molecule has 0 fully saturated rings. The smallest absolute Gasteiger partial charge is 0.127 e. The van der Waals surface area contributed by atoms with E-state index in [-0.39, 0.29) is 5.82 Å². The van der Waals surface area contributed by atoms with Crippen molar-refractivity contribution >= 4 is 0 Å². The van der Waals surface area contributed by atoms with Crippen LogP contribution >= 0.6 is 0 Å². The fourth-order valence-electron chi connectivity index (χ4n) is 1.40. The van der Waals surface area contributed by atoms with E-state index in [1.54, 1.807) is 0 Å². The Morgan fingerprint density at radius 1 is 1.36 bits per heavy atom. The molecule has 0 spiro atoms. The summed E-state index contributed by atoms with van der Waals surface area (Å²) in [6.07, 6.45) is 0. The molecule has 0 aliphatic carbocycles. The molecule has 0 saturated heterocycles. The third-order valence-corrected chi connectivity index (χ3v) is 1.98. The molecule has 3 heteroatoms. The average Bonchev–Trinajstić information content (AvgIpc) is 2.10. The number of nitrogens with zero attached hydrogens (tertiary/aromatic N) is 1. The van der Waals surface area contributed by atoms with Crippen molar-refractivity contribution in [3.8, 4) is 0 Å². The van der Waals surface area contributed by atoms with Crippen molar-refractivity contribution in [3.63, 3.8) is 0 Å². The molecule has 78 valence electrons. The number of halogens is 1. The van der Waals surface area contributed by atoms with Gasteiger partial charge in [-0.25, -0.2) is 4.39 Å². The van der Waals surface area contributed by atoms with E-state index in [1.165, 1.54) is 6.07 Å². The van der Waals surface area contributed by atoms with Crippen LogP contribution in [-0.4, -0.2) is 26.0 Å².